The molecule has 0 unspecified atom stereocenters. The number of carboxylic acid groups (broad SMARTS) is 1. The summed E-state index contributed by atoms with van der Waals surface area (Å²) < 4.78 is 1.97. The Labute approximate surface area is 197 Å². The fourth-order valence-corrected chi connectivity index (χ4v) is 3.95. The van der Waals surface area contributed by atoms with E-state index in [-0.39, 0.29) is 22.6 Å². The van der Waals surface area contributed by atoms with Crippen LogP contribution in [0.5, 0.6) is 0 Å². The lowest BCUT2D eigenvalue weighted by atomic mass is 9.87. The molecule has 8 nitrogen and oxygen atoms in total. The van der Waals surface area contributed by atoms with Crippen LogP contribution in [-0.2, 0) is 16.8 Å². The molecule has 0 fully saturated rings. The highest BCUT2D eigenvalue weighted by atomic mass is 32.2. The third kappa shape index (κ3) is 6.07. The van der Waals surface area contributed by atoms with Crippen molar-refractivity contribution in [3.05, 3.63) is 65.2 Å². The first-order valence-electron chi connectivity index (χ1n) is 10.5. The maximum Gasteiger partial charge on any atom is 0.336 e. The van der Waals surface area contributed by atoms with Gasteiger partial charge in [-0.3, -0.25) is 4.79 Å². The first kappa shape index (κ1) is 24.2. The van der Waals surface area contributed by atoms with Gasteiger partial charge in [0, 0.05) is 17.7 Å². The van der Waals surface area contributed by atoms with Gasteiger partial charge in [-0.1, -0.05) is 75.0 Å². The predicted octanol–water partition coefficient (Wildman–Crippen LogP) is 4.20. The van der Waals surface area contributed by atoms with Gasteiger partial charge in [-0.15, -0.1) is 10.2 Å². The number of nitrogens with one attached hydrogen (secondary N) is 1. The maximum atomic E-state index is 12.2. The zero-order chi connectivity index (χ0) is 24.0. The summed E-state index contributed by atoms with van der Waals surface area (Å²) in [6, 6.07) is 14.7. The number of hydrogen-bond donors (Lipinski definition) is 2. The number of thioether (sulfide) groups is 1. The van der Waals surface area contributed by atoms with Gasteiger partial charge < -0.3 is 9.67 Å². The van der Waals surface area contributed by atoms with E-state index in [0.717, 1.165) is 11.4 Å². The SMILES string of the molecule is CCn1c(SCC(=O)N/N=C/c2ccccc2C(=O)O)nnc1-c1ccc(C(C)(C)C)cc1. The molecular weight excluding hydrogens is 438 g/mol. The number of aromatic carboxylic acids is 1. The number of hydrogen-bond acceptors (Lipinski definition) is 6. The summed E-state index contributed by atoms with van der Waals surface area (Å²) in [7, 11) is 0. The second kappa shape index (κ2) is 10.4. The fraction of sp³-hybridized carbons (Fsp3) is 0.292. The average molecular weight is 466 g/mol. The summed E-state index contributed by atoms with van der Waals surface area (Å²) in [6.45, 7) is 9.18. The van der Waals surface area contributed by atoms with E-state index in [1.54, 1.807) is 18.2 Å². The molecule has 0 aliphatic rings. The van der Waals surface area contributed by atoms with E-state index in [1.165, 1.54) is 29.6 Å². The summed E-state index contributed by atoms with van der Waals surface area (Å²) in [5, 5.41) is 22.3. The second-order valence-electron chi connectivity index (χ2n) is 8.35. The van der Waals surface area contributed by atoms with E-state index < -0.39 is 5.97 Å². The quantitative estimate of drug-likeness (QED) is 0.293. The maximum absolute atomic E-state index is 12.2. The number of carbonyl (C=O) groups excluding carboxylic acids is 1. The van der Waals surface area contributed by atoms with Crippen LogP contribution in [0, 0.1) is 0 Å². The Bertz CT molecular complexity index is 1160. The number of rotatable bonds is 8. The van der Waals surface area contributed by atoms with Gasteiger partial charge in [-0.25, -0.2) is 10.2 Å². The summed E-state index contributed by atoms with van der Waals surface area (Å²) in [6.07, 6.45) is 1.32. The first-order chi connectivity index (χ1) is 15.7. The van der Waals surface area contributed by atoms with Crippen molar-refractivity contribution >= 4 is 29.9 Å². The molecule has 172 valence electrons. The van der Waals surface area contributed by atoms with Crippen molar-refractivity contribution in [2.75, 3.05) is 5.75 Å². The number of benzene rings is 2. The van der Waals surface area contributed by atoms with Crippen LogP contribution in [-0.4, -0.2) is 43.7 Å². The van der Waals surface area contributed by atoms with Crippen molar-refractivity contribution in [1.29, 1.82) is 0 Å². The first-order valence-corrected chi connectivity index (χ1v) is 11.5. The molecule has 1 heterocycles. The lowest BCUT2D eigenvalue weighted by Crippen LogP contribution is -2.20. The van der Waals surface area contributed by atoms with Crippen LogP contribution in [0.2, 0.25) is 0 Å². The normalized spacial score (nSPS) is 11.6. The zero-order valence-corrected chi connectivity index (χ0v) is 19.9. The van der Waals surface area contributed by atoms with E-state index >= 15 is 0 Å². The zero-order valence-electron chi connectivity index (χ0n) is 19.1. The van der Waals surface area contributed by atoms with Gasteiger partial charge in [0.15, 0.2) is 11.0 Å². The molecule has 1 aromatic heterocycles. The van der Waals surface area contributed by atoms with E-state index in [2.05, 4.69) is 53.6 Å². The molecule has 2 aromatic carbocycles. The van der Waals surface area contributed by atoms with Gasteiger partial charge in [-0.2, -0.15) is 5.10 Å². The molecule has 0 radical (unpaired) electrons. The third-order valence-corrected chi connectivity index (χ3v) is 5.93. The van der Waals surface area contributed by atoms with Crippen molar-refractivity contribution in [1.82, 2.24) is 20.2 Å². The van der Waals surface area contributed by atoms with Crippen LogP contribution >= 0.6 is 11.8 Å². The molecule has 0 bridgehead atoms. The number of nitrogens with zero attached hydrogens (tertiary/aromatic N) is 4. The molecule has 0 spiro atoms. The minimum absolute atomic E-state index is 0.0729. The average Bonchev–Trinajstić information content (AvgIpc) is 3.20. The standard InChI is InChI=1S/C24H27N5O3S/c1-5-29-21(16-10-12-18(13-11-16)24(2,3)4)27-28-23(29)33-15-20(30)26-25-14-17-8-6-7-9-19(17)22(31)32/h6-14H,5,15H2,1-4H3,(H,26,30)(H,31,32)/b25-14+. The summed E-state index contributed by atoms with van der Waals surface area (Å²) in [5.74, 6) is -0.532. The molecule has 3 aromatic rings. The molecule has 9 heteroatoms. The van der Waals surface area contributed by atoms with Crippen LogP contribution in [0.1, 0.15) is 49.2 Å². The van der Waals surface area contributed by atoms with Crippen LogP contribution in [0.25, 0.3) is 11.4 Å². The Morgan fingerprint density at radius 3 is 2.45 bits per heavy atom. The Hall–Kier alpha value is -3.46. The van der Waals surface area contributed by atoms with Crippen LogP contribution < -0.4 is 5.43 Å². The number of carboxylic acids is 1. The van der Waals surface area contributed by atoms with E-state index in [0.29, 0.717) is 17.3 Å². The highest BCUT2D eigenvalue weighted by Crippen LogP contribution is 2.27. The topological polar surface area (TPSA) is 109 Å². The molecular formula is C24H27N5O3S. The largest absolute Gasteiger partial charge is 0.478 e. The molecule has 1 amide bonds. The number of aromatic nitrogens is 3. The van der Waals surface area contributed by atoms with Crippen LogP contribution in [0.15, 0.2) is 58.8 Å². The Balaban J connectivity index is 1.63. The minimum atomic E-state index is -1.05. The third-order valence-electron chi connectivity index (χ3n) is 4.96. The summed E-state index contributed by atoms with van der Waals surface area (Å²) in [4.78, 5) is 23.4. The number of hydrazone groups is 1. The lowest BCUT2D eigenvalue weighted by Gasteiger charge is -2.19. The Morgan fingerprint density at radius 2 is 1.82 bits per heavy atom. The van der Waals surface area contributed by atoms with Crippen molar-refractivity contribution in [2.24, 2.45) is 5.10 Å². The fourth-order valence-electron chi connectivity index (χ4n) is 3.15. The van der Waals surface area contributed by atoms with Crippen molar-refractivity contribution in [3.63, 3.8) is 0 Å². The second-order valence-corrected chi connectivity index (χ2v) is 9.29. The molecule has 3 rings (SSSR count). The van der Waals surface area contributed by atoms with Gasteiger partial charge in [0.05, 0.1) is 17.5 Å². The highest BCUT2D eigenvalue weighted by molar-refractivity contribution is 7.99. The Morgan fingerprint density at radius 1 is 1.12 bits per heavy atom. The monoisotopic (exact) mass is 465 g/mol. The summed E-state index contributed by atoms with van der Waals surface area (Å²) >= 11 is 1.27. The molecule has 0 atom stereocenters. The summed E-state index contributed by atoms with van der Waals surface area (Å²) in [5.41, 5.74) is 5.23. The molecule has 33 heavy (non-hydrogen) atoms. The van der Waals surface area contributed by atoms with Crippen molar-refractivity contribution in [3.8, 4) is 11.4 Å². The van der Waals surface area contributed by atoms with Gasteiger partial charge >= 0.3 is 5.97 Å². The van der Waals surface area contributed by atoms with Gasteiger partial charge in [-0.05, 0) is 24.0 Å². The molecule has 0 aliphatic carbocycles. The van der Waals surface area contributed by atoms with E-state index in [4.69, 9.17) is 0 Å². The van der Waals surface area contributed by atoms with Crippen molar-refractivity contribution < 1.29 is 14.7 Å². The van der Waals surface area contributed by atoms with Gasteiger partial charge in [0.25, 0.3) is 5.91 Å². The van der Waals surface area contributed by atoms with Gasteiger partial charge in [0.1, 0.15) is 0 Å². The van der Waals surface area contributed by atoms with Crippen LogP contribution in [0.4, 0.5) is 0 Å². The smallest absolute Gasteiger partial charge is 0.336 e. The van der Waals surface area contributed by atoms with Crippen LogP contribution in [0.3, 0.4) is 0 Å². The number of amides is 1. The van der Waals surface area contributed by atoms with E-state index in [1.807, 2.05) is 23.6 Å². The Kier molecular flexibility index (Phi) is 7.65. The lowest BCUT2D eigenvalue weighted by molar-refractivity contribution is -0.118. The molecule has 0 aliphatic heterocycles. The predicted molar refractivity (Wildman–Crippen MR) is 130 cm³/mol. The van der Waals surface area contributed by atoms with Crippen molar-refractivity contribution in [2.45, 2.75) is 44.8 Å². The molecule has 0 saturated heterocycles. The highest BCUT2D eigenvalue weighted by Gasteiger charge is 2.17. The minimum Gasteiger partial charge on any atom is -0.478 e. The van der Waals surface area contributed by atoms with E-state index in [9.17, 15) is 14.7 Å². The number of carbonyl (C=O) groups is 2. The molecule has 0 saturated carbocycles. The molecule has 2 N–H and O–H groups in total. The van der Waals surface area contributed by atoms with Gasteiger partial charge in [0.2, 0.25) is 0 Å².